The first kappa shape index (κ1) is 28.3. The zero-order valence-electron chi connectivity index (χ0n) is 28.2. The number of nitrogens with zero attached hydrogens (tertiary/aromatic N) is 4. The number of anilines is 4. The van der Waals surface area contributed by atoms with Crippen molar-refractivity contribution >= 4 is 71.9 Å². The van der Waals surface area contributed by atoms with Crippen LogP contribution in [0.25, 0.3) is 54.8 Å². The van der Waals surface area contributed by atoms with Crippen LogP contribution in [0.2, 0.25) is 0 Å². The Hall–Kier alpha value is -6.52. The van der Waals surface area contributed by atoms with E-state index in [1.54, 1.807) is 0 Å². The summed E-state index contributed by atoms with van der Waals surface area (Å²) >= 11 is 0. The van der Waals surface area contributed by atoms with Gasteiger partial charge in [0.15, 0.2) is 0 Å². The molecule has 4 heteroatoms. The van der Waals surface area contributed by atoms with Gasteiger partial charge in [-0.2, -0.15) is 0 Å². The Morgan fingerprint density at radius 1 is 0.529 bits per heavy atom. The fourth-order valence-corrected chi connectivity index (χ4v) is 9.08. The second kappa shape index (κ2) is 10.7. The van der Waals surface area contributed by atoms with E-state index in [2.05, 4.69) is 202 Å². The predicted octanol–water partition coefficient (Wildman–Crippen LogP) is 11.8. The molecule has 0 saturated carbocycles. The molecule has 11 rings (SSSR count). The van der Waals surface area contributed by atoms with Crippen LogP contribution < -0.4 is 9.80 Å². The number of hydrogen-bond acceptors (Lipinski definition) is 2. The van der Waals surface area contributed by atoms with Gasteiger partial charge in [-0.05, 0) is 72.3 Å². The Morgan fingerprint density at radius 3 is 1.86 bits per heavy atom. The Kier molecular flexibility index (Phi) is 5.97. The highest BCUT2D eigenvalue weighted by atomic mass is 15.2. The quantitative estimate of drug-likeness (QED) is 0.188. The third-order valence-corrected chi connectivity index (χ3v) is 11.1. The van der Waals surface area contributed by atoms with Gasteiger partial charge in [0.1, 0.15) is 0 Å². The molecule has 51 heavy (non-hydrogen) atoms. The van der Waals surface area contributed by atoms with Gasteiger partial charge in [-0.15, -0.1) is 0 Å². The normalized spacial score (nSPS) is 16.5. The molecular weight excluding hydrogens is 621 g/mol. The van der Waals surface area contributed by atoms with Gasteiger partial charge in [0.2, 0.25) is 0 Å². The second-order valence-corrected chi connectivity index (χ2v) is 13.8. The van der Waals surface area contributed by atoms with Gasteiger partial charge in [0.05, 0.1) is 45.0 Å². The van der Waals surface area contributed by atoms with Crippen LogP contribution in [0.1, 0.15) is 11.5 Å². The Morgan fingerprint density at radius 2 is 1.14 bits per heavy atom. The molecular formula is C47H34N4. The van der Waals surface area contributed by atoms with Crippen LogP contribution in [0, 0.1) is 0 Å². The molecule has 0 fully saturated rings. The van der Waals surface area contributed by atoms with Crippen LogP contribution in [-0.4, -0.2) is 22.1 Å². The summed E-state index contributed by atoms with van der Waals surface area (Å²) < 4.78 is 5.04. The van der Waals surface area contributed by atoms with Crippen LogP contribution >= 0.6 is 0 Å². The molecule has 7 aromatic carbocycles. The van der Waals surface area contributed by atoms with E-state index in [0.29, 0.717) is 0 Å². The minimum absolute atomic E-state index is 0.236. The number of allylic oxidation sites excluding steroid dienone is 2. The Labute approximate surface area is 296 Å². The number of para-hydroxylation sites is 6. The van der Waals surface area contributed by atoms with E-state index >= 15 is 0 Å². The summed E-state index contributed by atoms with van der Waals surface area (Å²) in [5.74, 6) is 0.239. The lowest BCUT2D eigenvalue weighted by Crippen LogP contribution is -2.28. The molecule has 0 N–H and O–H groups in total. The molecule has 0 spiro atoms. The monoisotopic (exact) mass is 654 g/mol. The lowest BCUT2D eigenvalue weighted by Gasteiger charge is -2.30. The number of rotatable bonds is 4. The summed E-state index contributed by atoms with van der Waals surface area (Å²) in [7, 11) is 2.29. The highest BCUT2D eigenvalue weighted by molar-refractivity contribution is 6.30. The molecule has 1 aliphatic carbocycles. The standard InChI is InChI=1S/C47H34N4/c1-48-38-25-13-11-23-34(38)36-29-43-45-44(46(36)48)42(49(31-17-5-2-6-18-31)32-19-7-3-8-20-32)30-37-35-24-12-14-26-39(35)51(47(37)45)41-28-16-15-27-40(41)50(43)33-21-9-4-10-22-33/h2-30,34,38H,1H3. The molecule has 0 amide bonds. The fourth-order valence-electron chi connectivity index (χ4n) is 9.08. The average molecular weight is 655 g/mol. The molecule has 0 radical (unpaired) electrons. The highest BCUT2D eigenvalue weighted by Gasteiger charge is 2.38. The molecule has 4 nitrogen and oxygen atoms in total. The van der Waals surface area contributed by atoms with E-state index in [9.17, 15) is 0 Å². The topological polar surface area (TPSA) is 15.8 Å². The Balaban J connectivity index is 1.47. The number of aromatic nitrogens is 2. The van der Waals surface area contributed by atoms with E-state index in [1.165, 1.54) is 60.5 Å². The third kappa shape index (κ3) is 3.90. The van der Waals surface area contributed by atoms with Crippen molar-refractivity contribution in [3.63, 3.8) is 0 Å². The van der Waals surface area contributed by atoms with Crippen LogP contribution in [0.3, 0.4) is 0 Å². The molecule has 0 bridgehead atoms. The van der Waals surface area contributed by atoms with Crippen molar-refractivity contribution in [3.8, 4) is 5.69 Å². The minimum atomic E-state index is 0.236. The summed E-state index contributed by atoms with van der Waals surface area (Å²) in [6.07, 6.45) is 9.19. The summed E-state index contributed by atoms with van der Waals surface area (Å²) in [4.78, 5) is 5.00. The number of benzene rings is 7. The maximum atomic E-state index is 2.53. The molecule has 0 saturated heterocycles. The zero-order valence-corrected chi connectivity index (χ0v) is 28.2. The fraction of sp³-hybridized carbons (Fsp3) is 0.0638. The van der Waals surface area contributed by atoms with E-state index in [1.807, 2.05) is 0 Å². The van der Waals surface area contributed by atoms with Crippen molar-refractivity contribution in [1.82, 2.24) is 8.97 Å². The van der Waals surface area contributed by atoms with Gasteiger partial charge in [0.25, 0.3) is 0 Å². The van der Waals surface area contributed by atoms with Gasteiger partial charge in [0, 0.05) is 51.6 Å². The largest absolute Gasteiger partial charge is 0.366 e. The van der Waals surface area contributed by atoms with Crippen molar-refractivity contribution < 1.29 is 0 Å². The van der Waals surface area contributed by atoms with Crippen molar-refractivity contribution in [3.05, 3.63) is 182 Å². The molecule has 3 heterocycles. The van der Waals surface area contributed by atoms with Crippen LogP contribution in [0.15, 0.2) is 176 Å². The molecule has 2 aliphatic rings. The molecule has 242 valence electrons. The predicted molar refractivity (Wildman–Crippen MR) is 215 cm³/mol. The Bertz CT molecular complexity index is 2840. The molecule has 1 aliphatic heterocycles. The summed E-state index contributed by atoms with van der Waals surface area (Å²) in [5, 5.41) is 5.01. The lowest BCUT2D eigenvalue weighted by molar-refractivity contribution is 0.723. The first-order valence-electron chi connectivity index (χ1n) is 17.8. The van der Waals surface area contributed by atoms with Crippen LogP contribution in [0.4, 0.5) is 22.7 Å². The van der Waals surface area contributed by atoms with Crippen molar-refractivity contribution in [2.75, 3.05) is 16.8 Å². The van der Waals surface area contributed by atoms with E-state index < -0.39 is 0 Å². The number of hydrogen-bond donors (Lipinski definition) is 0. The zero-order chi connectivity index (χ0) is 33.6. The summed E-state index contributed by atoms with van der Waals surface area (Å²) in [6.45, 7) is 0. The third-order valence-electron chi connectivity index (χ3n) is 11.1. The first-order chi connectivity index (χ1) is 25.3. The average Bonchev–Trinajstić information content (AvgIpc) is 3.63. The molecule has 2 aromatic heterocycles. The maximum Gasteiger partial charge on any atom is 0.0703 e. The first-order valence-corrected chi connectivity index (χ1v) is 17.8. The van der Waals surface area contributed by atoms with Gasteiger partial charge < -0.3 is 18.8 Å². The van der Waals surface area contributed by atoms with E-state index in [0.717, 1.165) is 22.6 Å². The second-order valence-electron chi connectivity index (χ2n) is 13.8. The van der Waals surface area contributed by atoms with Gasteiger partial charge >= 0.3 is 0 Å². The van der Waals surface area contributed by atoms with Crippen LogP contribution in [-0.2, 0) is 0 Å². The van der Waals surface area contributed by atoms with Crippen molar-refractivity contribution in [2.45, 2.75) is 12.0 Å². The highest BCUT2D eigenvalue weighted by Crippen LogP contribution is 2.55. The SMILES string of the molecule is CN1c2c(cc3c4c2c(N(c2ccccc2)c2ccccc2)cc2c5ccccc5n(c5ccccc5n3-c3ccccc3)c24)C2C=CC=CC21. The molecule has 2 unspecified atom stereocenters. The maximum absolute atomic E-state index is 2.53. The van der Waals surface area contributed by atoms with Gasteiger partial charge in [-0.1, -0.05) is 109 Å². The van der Waals surface area contributed by atoms with Crippen molar-refractivity contribution in [1.29, 1.82) is 0 Å². The lowest BCUT2D eigenvalue weighted by atomic mass is 9.89. The van der Waals surface area contributed by atoms with Crippen LogP contribution in [0.5, 0.6) is 0 Å². The van der Waals surface area contributed by atoms with E-state index in [4.69, 9.17) is 0 Å². The van der Waals surface area contributed by atoms with Crippen molar-refractivity contribution in [2.24, 2.45) is 0 Å². The molecule has 2 atom stereocenters. The number of likely N-dealkylation sites (N-methyl/N-ethyl adjacent to an activating group) is 1. The summed E-state index contributed by atoms with van der Waals surface area (Å²) in [6, 6.07) is 55.7. The summed E-state index contributed by atoms with van der Waals surface area (Å²) in [5.41, 5.74) is 13.2. The number of fused-ring (bicyclic) bond motifs is 9. The molecule has 9 aromatic rings. The van der Waals surface area contributed by atoms with Gasteiger partial charge in [-0.25, -0.2) is 0 Å². The smallest absolute Gasteiger partial charge is 0.0703 e. The minimum Gasteiger partial charge on any atom is -0.366 e. The van der Waals surface area contributed by atoms with E-state index in [-0.39, 0.29) is 12.0 Å². The van der Waals surface area contributed by atoms with Gasteiger partial charge in [-0.3, -0.25) is 0 Å².